The number of methoxy groups -OCH3 is 1. The van der Waals surface area contributed by atoms with Crippen LogP contribution in [0.2, 0.25) is 0 Å². The van der Waals surface area contributed by atoms with Crippen molar-refractivity contribution in [2.45, 2.75) is 31.8 Å². The van der Waals surface area contributed by atoms with E-state index in [9.17, 15) is 4.79 Å². The average Bonchev–Trinajstić information content (AvgIpc) is 2.46. The summed E-state index contributed by atoms with van der Waals surface area (Å²) in [4.78, 5) is 10.7. The number of carboxylic acid groups (broad SMARTS) is 1. The van der Waals surface area contributed by atoms with Gasteiger partial charge < -0.3 is 14.6 Å². The molecule has 2 rings (SSSR count). The first-order valence-corrected chi connectivity index (χ1v) is 7.98. The van der Waals surface area contributed by atoms with Gasteiger partial charge in [-0.2, -0.15) is 11.8 Å². The predicted molar refractivity (Wildman–Crippen MR) is 79.9 cm³/mol. The molecule has 0 spiro atoms. The van der Waals surface area contributed by atoms with Gasteiger partial charge in [0, 0.05) is 12.2 Å². The molecule has 5 heteroatoms. The first-order chi connectivity index (χ1) is 9.70. The van der Waals surface area contributed by atoms with Crippen LogP contribution in [0.15, 0.2) is 18.2 Å². The number of carboxylic acids is 1. The summed E-state index contributed by atoms with van der Waals surface area (Å²) in [6, 6.07) is 5.68. The molecule has 1 saturated heterocycles. The number of aliphatic carboxylic acids is 1. The van der Waals surface area contributed by atoms with Gasteiger partial charge in [0.05, 0.1) is 7.11 Å². The molecule has 0 aromatic heterocycles. The summed E-state index contributed by atoms with van der Waals surface area (Å²) >= 11 is 1.91. The minimum Gasteiger partial charge on any atom is -0.493 e. The maximum absolute atomic E-state index is 10.7. The molecule has 0 aliphatic carbocycles. The quantitative estimate of drug-likeness (QED) is 0.874. The smallest absolute Gasteiger partial charge is 0.303 e. The van der Waals surface area contributed by atoms with E-state index >= 15 is 0 Å². The molecule has 0 saturated carbocycles. The van der Waals surface area contributed by atoms with Gasteiger partial charge in [0.15, 0.2) is 11.5 Å². The molecule has 20 heavy (non-hydrogen) atoms. The Bertz CT molecular complexity index is 455. The topological polar surface area (TPSA) is 55.8 Å². The normalized spacial score (nSPS) is 18.6. The molecule has 1 aromatic carbocycles. The Balaban J connectivity index is 2.10. The molecule has 4 nitrogen and oxygen atoms in total. The van der Waals surface area contributed by atoms with Crippen molar-refractivity contribution in [2.75, 3.05) is 18.6 Å². The largest absolute Gasteiger partial charge is 0.493 e. The van der Waals surface area contributed by atoms with E-state index in [1.54, 1.807) is 7.11 Å². The maximum Gasteiger partial charge on any atom is 0.303 e. The maximum atomic E-state index is 10.7. The molecular formula is C15H20O4S. The number of thioether (sulfide) groups is 1. The number of benzene rings is 1. The molecule has 0 radical (unpaired) electrons. The van der Waals surface area contributed by atoms with Crippen molar-refractivity contribution in [1.29, 1.82) is 0 Å². The molecule has 1 heterocycles. The second-order valence-corrected chi connectivity index (χ2v) is 5.95. The van der Waals surface area contributed by atoms with Crippen molar-refractivity contribution in [3.05, 3.63) is 23.8 Å². The third-order valence-corrected chi connectivity index (χ3v) is 4.47. The summed E-state index contributed by atoms with van der Waals surface area (Å²) < 4.78 is 11.5. The van der Waals surface area contributed by atoms with Gasteiger partial charge in [0.1, 0.15) is 6.10 Å². The molecular weight excluding hydrogens is 276 g/mol. The summed E-state index contributed by atoms with van der Waals surface area (Å²) in [6.07, 6.45) is 3.01. The van der Waals surface area contributed by atoms with E-state index in [2.05, 4.69) is 0 Å². The fourth-order valence-electron chi connectivity index (χ4n) is 2.31. The summed E-state index contributed by atoms with van der Waals surface area (Å²) in [5.74, 6) is 2.80. The van der Waals surface area contributed by atoms with Gasteiger partial charge in [0.25, 0.3) is 0 Å². The van der Waals surface area contributed by atoms with E-state index in [1.165, 1.54) is 12.2 Å². The molecule has 1 aliphatic heterocycles. The second-order valence-electron chi connectivity index (χ2n) is 4.80. The Hall–Kier alpha value is -1.36. The van der Waals surface area contributed by atoms with Crippen molar-refractivity contribution >= 4 is 17.7 Å². The summed E-state index contributed by atoms with van der Waals surface area (Å²) in [6.45, 7) is 0. The van der Waals surface area contributed by atoms with Crippen LogP contribution in [0.1, 0.15) is 24.8 Å². The summed E-state index contributed by atoms with van der Waals surface area (Å²) in [7, 11) is 1.60. The van der Waals surface area contributed by atoms with Crippen molar-refractivity contribution in [3.63, 3.8) is 0 Å². The fourth-order valence-corrected chi connectivity index (χ4v) is 3.34. The number of hydrogen-bond acceptors (Lipinski definition) is 4. The highest BCUT2D eigenvalue weighted by Gasteiger charge is 2.18. The van der Waals surface area contributed by atoms with Crippen LogP contribution in [-0.4, -0.2) is 35.8 Å². The van der Waals surface area contributed by atoms with E-state index < -0.39 is 5.97 Å². The van der Waals surface area contributed by atoms with Crippen LogP contribution in [0, 0.1) is 0 Å². The molecule has 1 N–H and O–H groups in total. The summed E-state index contributed by atoms with van der Waals surface area (Å²) in [5, 5.41) is 8.79. The van der Waals surface area contributed by atoms with Gasteiger partial charge in [-0.15, -0.1) is 0 Å². The van der Waals surface area contributed by atoms with Crippen molar-refractivity contribution < 1.29 is 19.4 Å². The monoisotopic (exact) mass is 296 g/mol. The second kappa shape index (κ2) is 7.43. The predicted octanol–water partition coefficient (Wildman–Crippen LogP) is 2.99. The highest BCUT2D eigenvalue weighted by atomic mass is 32.2. The Labute approximate surface area is 123 Å². The molecule has 1 aliphatic rings. The zero-order chi connectivity index (χ0) is 14.4. The highest BCUT2D eigenvalue weighted by molar-refractivity contribution is 7.99. The Morgan fingerprint density at radius 1 is 1.50 bits per heavy atom. The SMILES string of the molecule is COc1c(CCC(=O)O)cccc1OC1CCCSC1. The molecule has 1 atom stereocenters. The lowest BCUT2D eigenvalue weighted by Gasteiger charge is -2.24. The van der Waals surface area contributed by atoms with Crippen LogP contribution in [0.5, 0.6) is 11.5 Å². The zero-order valence-corrected chi connectivity index (χ0v) is 12.4. The van der Waals surface area contributed by atoms with Crippen molar-refractivity contribution in [2.24, 2.45) is 0 Å². The van der Waals surface area contributed by atoms with Crippen molar-refractivity contribution in [3.8, 4) is 11.5 Å². The van der Waals surface area contributed by atoms with Gasteiger partial charge in [-0.1, -0.05) is 12.1 Å². The Morgan fingerprint density at radius 3 is 3.00 bits per heavy atom. The molecule has 1 aromatic rings. The third-order valence-electron chi connectivity index (χ3n) is 3.28. The highest BCUT2D eigenvalue weighted by Crippen LogP contribution is 2.34. The Kier molecular flexibility index (Phi) is 5.59. The van der Waals surface area contributed by atoms with Crippen LogP contribution in [0.3, 0.4) is 0 Å². The lowest BCUT2D eigenvalue weighted by molar-refractivity contribution is -0.136. The lowest BCUT2D eigenvalue weighted by Crippen LogP contribution is -2.23. The summed E-state index contributed by atoms with van der Waals surface area (Å²) in [5.41, 5.74) is 0.885. The van der Waals surface area contributed by atoms with Crippen LogP contribution < -0.4 is 9.47 Å². The van der Waals surface area contributed by atoms with Gasteiger partial charge in [-0.3, -0.25) is 4.79 Å². The number of ether oxygens (including phenoxy) is 2. The van der Waals surface area contributed by atoms with Gasteiger partial charge in [-0.05, 0) is 36.6 Å². The molecule has 110 valence electrons. The van der Waals surface area contributed by atoms with E-state index in [1.807, 2.05) is 30.0 Å². The first-order valence-electron chi connectivity index (χ1n) is 6.82. The van der Waals surface area contributed by atoms with E-state index in [0.717, 1.165) is 23.5 Å². The van der Waals surface area contributed by atoms with Gasteiger partial charge in [-0.25, -0.2) is 0 Å². The standard InChI is InChI=1S/C15H20O4S/c1-18-15-11(7-8-14(16)17)4-2-6-13(15)19-12-5-3-9-20-10-12/h2,4,6,12H,3,5,7-10H2,1H3,(H,16,17). The zero-order valence-electron chi connectivity index (χ0n) is 11.6. The lowest BCUT2D eigenvalue weighted by atomic mass is 10.1. The van der Waals surface area contributed by atoms with E-state index in [0.29, 0.717) is 12.2 Å². The molecule has 1 fully saturated rings. The van der Waals surface area contributed by atoms with Gasteiger partial charge >= 0.3 is 5.97 Å². The van der Waals surface area contributed by atoms with E-state index in [-0.39, 0.29) is 12.5 Å². The first kappa shape index (κ1) is 15.0. The minimum absolute atomic E-state index is 0.0963. The minimum atomic E-state index is -0.804. The Morgan fingerprint density at radius 2 is 2.35 bits per heavy atom. The average molecular weight is 296 g/mol. The molecule has 1 unspecified atom stereocenters. The number of hydrogen-bond donors (Lipinski definition) is 1. The number of para-hydroxylation sites is 1. The molecule has 0 amide bonds. The van der Waals surface area contributed by atoms with Crippen LogP contribution in [0.4, 0.5) is 0 Å². The number of rotatable bonds is 6. The third kappa shape index (κ3) is 4.07. The van der Waals surface area contributed by atoms with Gasteiger partial charge in [0.2, 0.25) is 0 Å². The van der Waals surface area contributed by atoms with Crippen LogP contribution in [0.25, 0.3) is 0 Å². The van der Waals surface area contributed by atoms with Crippen LogP contribution >= 0.6 is 11.8 Å². The van der Waals surface area contributed by atoms with Crippen molar-refractivity contribution in [1.82, 2.24) is 0 Å². The van der Waals surface area contributed by atoms with Crippen LogP contribution in [-0.2, 0) is 11.2 Å². The van der Waals surface area contributed by atoms with E-state index in [4.69, 9.17) is 14.6 Å². The number of aryl methyl sites for hydroxylation is 1. The fraction of sp³-hybridized carbons (Fsp3) is 0.533. The number of carbonyl (C=O) groups is 1. The molecule has 0 bridgehead atoms.